The smallest absolute Gasteiger partial charge is 0.225 e. The first-order valence-corrected chi connectivity index (χ1v) is 8.97. The monoisotopic (exact) mass is 349 g/mol. The largest absolute Gasteiger partial charge is 0.328 e. The maximum absolute atomic E-state index is 13.0. The molecule has 0 N–H and O–H groups in total. The summed E-state index contributed by atoms with van der Waals surface area (Å²) < 4.78 is 4.05. The Morgan fingerprint density at radius 2 is 2.00 bits per heavy atom. The number of carbonyl (C=O) groups excluding carboxylic acids is 1. The van der Waals surface area contributed by atoms with Crippen molar-refractivity contribution in [1.82, 2.24) is 24.2 Å². The standard InChI is InChI=1S/C20H23N5O/c1-15-8-10-23(22-15)11-9-20(26)25-14-19-21-12-16(2)24(19)13-18(25)17-6-4-3-5-7-17/h3-8,10,12,18H,9,11,13-14H2,1-2H3. The van der Waals surface area contributed by atoms with Gasteiger partial charge in [0.2, 0.25) is 5.91 Å². The van der Waals surface area contributed by atoms with Crippen molar-refractivity contribution in [2.24, 2.45) is 0 Å². The first-order chi connectivity index (χ1) is 12.6. The van der Waals surface area contributed by atoms with Gasteiger partial charge in [0.15, 0.2) is 0 Å². The van der Waals surface area contributed by atoms with Gasteiger partial charge in [0.25, 0.3) is 0 Å². The molecule has 1 aliphatic rings. The number of rotatable bonds is 4. The molecule has 1 aliphatic heterocycles. The first-order valence-electron chi connectivity index (χ1n) is 8.97. The summed E-state index contributed by atoms with van der Waals surface area (Å²) in [5.41, 5.74) is 3.27. The van der Waals surface area contributed by atoms with Crippen molar-refractivity contribution < 1.29 is 4.79 Å². The van der Waals surface area contributed by atoms with Crippen LogP contribution in [0.1, 0.15) is 35.2 Å². The van der Waals surface area contributed by atoms with E-state index in [1.165, 1.54) is 0 Å². The van der Waals surface area contributed by atoms with Crippen LogP contribution in [-0.4, -0.2) is 30.1 Å². The van der Waals surface area contributed by atoms with Gasteiger partial charge in [-0.25, -0.2) is 4.98 Å². The van der Waals surface area contributed by atoms with Crippen LogP contribution in [0.2, 0.25) is 0 Å². The number of carbonyl (C=O) groups is 1. The molecule has 3 heterocycles. The highest BCUT2D eigenvalue weighted by atomic mass is 16.2. The van der Waals surface area contributed by atoms with E-state index >= 15 is 0 Å². The summed E-state index contributed by atoms with van der Waals surface area (Å²) in [6.45, 7) is 5.91. The van der Waals surface area contributed by atoms with Crippen LogP contribution >= 0.6 is 0 Å². The van der Waals surface area contributed by atoms with Crippen molar-refractivity contribution in [3.05, 3.63) is 71.6 Å². The van der Waals surface area contributed by atoms with E-state index in [0.717, 1.165) is 29.3 Å². The first kappa shape index (κ1) is 16.6. The Labute approximate surface area is 153 Å². The number of imidazole rings is 1. The van der Waals surface area contributed by atoms with Crippen LogP contribution in [0.25, 0.3) is 0 Å². The van der Waals surface area contributed by atoms with Crippen LogP contribution in [-0.2, 0) is 24.4 Å². The Hall–Kier alpha value is -2.89. The number of hydrogen-bond acceptors (Lipinski definition) is 3. The number of aryl methyl sites for hydroxylation is 3. The van der Waals surface area contributed by atoms with Gasteiger partial charge < -0.3 is 9.47 Å². The summed E-state index contributed by atoms with van der Waals surface area (Å²) >= 11 is 0. The molecule has 0 bridgehead atoms. The third kappa shape index (κ3) is 3.14. The summed E-state index contributed by atoms with van der Waals surface area (Å²) in [7, 11) is 0. The highest BCUT2D eigenvalue weighted by molar-refractivity contribution is 5.76. The molecule has 6 nitrogen and oxygen atoms in total. The van der Waals surface area contributed by atoms with Crippen LogP contribution in [0.15, 0.2) is 48.8 Å². The molecule has 2 aromatic heterocycles. The van der Waals surface area contributed by atoms with Crippen molar-refractivity contribution in [2.45, 2.75) is 45.9 Å². The molecule has 1 amide bonds. The summed E-state index contributed by atoms with van der Waals surface area (Å²) in [6, 6.07) is 12.2. The zero-order chi connectivity index (χ0) is 18.1. The normalized spacial score (nSPS) is 16.5. The SMILES string of the molecule is Cc1ccn(CCC(=O)N2Cc3ncc(C)n3CC2c2ccccc2)n1. The van der Waals surface area contributed by atoms with Crippen LogP contribution in [0.5, 0.6) is 0 Å². The molecular formula is C20H23N5O. The van der Waals surface area contributed by atoms with Crippen molar-refractivity contribution in [3.63, 3.8) is 0 Å². The Balaban J connectivity index is 1.57. The molecule has 0 fully saturated rings. The molecule has 6 heteroatoms. The molecule has 0 spiro atoms. The Bertz CT molecular complexity index is 911. The van der Waals surface area contributed by atoms with E-state index in [1.54, 1.807) is 0 Å². The average Bonchev–Trinajstić information content (AvgIpc) is 3.25. The summed E-state index contributed by atoms with van der Waals surface area (Å²) in [5.74, 6) is 1.09. The fraction of sp³-hybridized carbons (Fsp3) is 0.350. The summed E-state index contributed by atoms with van der Waals surface area (Å²) in [5, 5.41) is 4.37. The van der Waals surface area contributed by atoms with E-state index in [-0.39, 0.29) is 11.9 Å². The molecule has 0 aliphatic carbocycles. The molecule has 134 valence electrons. The maximum atomic E-state index is 13.0. The second-order valence-corrected chi connectivity index (χ2v) is 6.84. The van der Waals surface area contributed by atoms with Gasteiger partial charge in [0, 0.05) is 37.6 Å². The summed E-state index contributed by atoms with van der Waals surface area (Å²) in [6.07, 6.45) is 4.24. The van der Waals surface area contributed by atoms with Crippen LogP contribution in [0, 0.1) is 13.8 Å². The number of aromatic nitrogens is 4. The Morgan fingerprint density at radius 1 is 1.19 bits per heavy atom. The number of fused-ring (bicyclic) bond motifs is 1. The van der Waals surface area contributed by atoms with Crippen molar-refractivity contribution in [1.29, 1.82) is 0 Å². The van der Waals surface area contributed by atoms with Crippen LogP contribution in [0.3, 0.4) is 0 Å². The van der Waals surface area contributed by atoms with Gasteiger partial charge in [-0.1, -0.05) is 30.3 Å². The predicted octanol–water partition coefficient (Wildman–Crippen LogP) is 2.87. The zero-order valence-corrected chi connectivity index (χ0v) is 15.2. The van der Waals surface area contributed by atoms with Crippen molar-refractivity contribution in [3.8, 4) is 0 Å². The lowest BCUT2D eigenvalue weighted by atomic mass is 10.0. The number of nitrogens with zero attached hydrogens (tertiary/aromatic N) is 5. The fourth-order valence-corrected chi connectivity index (χ4v) is 3.58. The molecule has 1 atom stereocenters. The van der Waals surface area contributed by atoms with Gasteiger partial charge >= 0.3 is 0 Å². The Morgan fingerprint density at radius 3 is 2.73 bits per heavy atom. The molecule has 0 saturated heterocycles. The molecule has 4 rings (SSSR count). The number of benzene rings is 1. The lowest BCUT2D eigenvalue weighted by Gasteiger charge is -2.37. The minimum Gasteiger partial charge on any atom is -0.328 e. The predicted molar refractivity (Wildman–Crippen MR) is 98.3 cm³/mol. The fourth-order valence-electron chi connectivity index (χ4n) is 3.58. The van der Waals surface area contributed by atoms with Crippen LogP contribution in [0.4, 0.5) is 0 Å². The molecule has 1 unspecified atom stereocenters. The number of amides is 1. The second-order valence-electron chi connectivity index (χ2n) is 6.84. The molecule has 1 aromatic carbocycles. The quantitative estimate of drug-likeness (QED) is 0.728. The van der Waals surface area contributed by atoms with E-state index in [1.807, 2.05) is 53.2 Å². The van der Waals surface area contributed by atoms with Crippen molar-refractivity contribution >= 4 is 5.91 Å². The number of hydrogen-bond donors (Lipinski definition) is 0. The van der Waals surface area contributed by atoms with Gasteiger partial charge in [0.05, 0.1) is 18.3 Å². The second kappa shape index (κ2) is 6.78. The molecule has 0 radical (unpaired) electrons. The van der Waals surface area contributed by atoms with E-state index in [9.17, 15) is 4.79 Å². The maximum Gasteiger partial charge on any atom is 0.225 e. The van der Waals surface area contributed by atoms with Crippen LogP contribution < -0.4 is 0 Å². The van der Waals surface area contributed by atoms with Crippen molar-refractivity contribution in [2.75, 3.05) is 0 Å². The molecule has 26 heavy (non-hydrogen) atoms. The van der Waals surface area contributed by atoms with Gasteiger partial charge in [-0.15, -0.1) is 0 Å². The highest BCUT2D eigenvalue weighted by Gasteiger charge is 2.31. The van der Waals surface area contributed by atoms with E-state index < -0.39 is 0 Å². The molecule has 3 aromatic rings. The minimum atomic E-state index is 0.0310. The van der Waals surface area contributed by atoms with Gasteiger partial charge in [0.1, 0.15) is 5.82 Å². The van der Waals surface area contributed by atoms with E-state index in [0.29, 0.717) is 19.5 Å². The zero-order valence-electron chi connectivity index (χ0n) is 15.2. The van der Waals surface area contributed by atoms with E-state index in [4.69, 9.17) is 0 Å². The van der Waals surface area contributed by atoms with E-state index in [2.05, 4.69) is 33.7 Å². The lowest BCUT2D eigenvalue weighted by Crippen LogP contribution is -2.41. The summed E-state index contributed by atoms with van der Waals surface area (Å²) in [4.78, 5) is 19.5. The average molecular weight is 349 g/mol. The highest BCUT2D eigenvalue weighted by Crippen LogP contribution is 2.30. The minimum absolute atomic E-state index is 0.0310. The van der Waals surface area contributed by atoms with Gasteiger partial charge in [-0.05, 0) is 25.5 Å². The topological polar surface area (TPSA) is 56.0 Å². The Kier molecular flexibility index (Phi) is 4.32. The lowest BCUT2D eigenvalue weighted by molar-refractivity contribution is -0.136. The van der Waals surface area contributed by atoms with Gasteiger partial charge in [-0.2, -0.15) is 5.10 Å². The molecule has 0 saturated carbocycles. The third-order valence-corrected chi connectivity index (χ3v) is 5.01. The van der Waals surface area contributed by atoms with Gasteiger partial charge in [-0.3, -0.25) is 9.48 Å². The molecular weight excluding hydrogens is 326 g/mol. The third-order valence-electron chi connectivity index (χ3n) is 5.01.